The molecule has 1 aliphatic rings. The van der Waals surface area contributed by atoms with Crippen LogP contribution in [0, 0.1) is 0 Å². The summed E-state index contributed by atoms with van der Waals surface area (Å²) in [4.78, 5) is 14.1. The van der Waals surface area contributed by atoms with E-state index >= 15 is 0 Å². The molecule has 0 atom stereocenters. The van der Waals surface area contributed by atoms with E-state index in [0.717, 1.165) is 5.69 Å². The minimum absolute atomic E-state index is 0.140. The van der Waals surface area contributed by atoms with Crippen LogP contribution in [0.15, 0.2) is 58.3 Å². The maximum absolute atomic E-state index is 12.8. The second-order valence-corrected chi connectivity index (χ2v) is 7.70. The summed E-state index contributed by atoms with van der Waals surface area (Å²) in [5.74, 6) is -0.636. The molecule has 2 N–H and O–H groups in total. The summed E-state index contributed by atoms with van der Waals surface area (Å²) in [5, 5.41) is 5.52. The molecule has 3 rings (SSSR count). The Labute approximate surface area is 147 Å². The molecule has 1 heterocycles. The minimum Gasteiger partial charge on any atom is -0.378 e. The van der Waals surface area contributed by atoms with E-state index in [1.165, 1.54) is 13.1 Å². The zero-order valence-corrected chi connectivity index (χ0v) is 15.0. The van der Waals surface area contributed by atoms with Gasteiger partial charge in [-0.3, -0.25) is 4.79 Å². The van der Waals surface area contributed by atoms with Gasteiger partial charge in [-0.15, -0.1) is 0 Å². The first-order valence-electron chi connectivity index (χ1n) is 7.71. The van der Waals surface area contributed by atoms with E-state index in [0.29, 0.717) is 16.9 Å². The molecule has 0 saturated carbocycles. The van der Waals surface area contributed by atoms with Gasteiger partial charge in [0.1, 0.15) is 0 Å². The molecule has 2 aromatic carbocycles. The molecule has 0 bridgehead atoms. The van der Waals surface area contributed by atoms with Crippen molar-refractivity contribution in [1.29, 1.82) is 0 Å². The maximum atomic E-state index is 12.8. The van der Waals surface area contributed by atoms with Gasteiger partial charge < -0.3 is 15.5 Å². The second kappa shape index (κ2) is 6.25. The van der Waals surface area contributed by atoms with E-state index in [9.17, 15) is 13.2 Å². The lowest BCUT2D eigenvalue weighted by molar-refractivity contribution is -0.116. The van der Waals surface area contributed by atoms with Crippen LogP contribution in [-0.4, -0.2) is 35.5 Å². The smallest absolute Gasteiger partial charge is 0.265 e. The van der Waals surface area contributed by atoms with E-state index in [-0.39, 0.29) is 9.80 Å². The fourth-order valence-corrected chi connectivity index (χ4v) is 4.45. The quantitative estimate of drug-likeness (QED) is 0.876. The Hall–Kier alpha value is -2.80. The number of nitrogens with zero attached hydrogens (tertiary/aromatic N) is 1. The second-order valence-electron chi connectivity index (χ2n) is 5.85. The highest BCUT2D eigenvalue weighted by molar-refractivity contribution is 7.97. The number of carbonyl (C=O) groups is 1. The Morgan fingerprint density at radius 2 is 1.64 bits per heavy atom. The van der Waals surface area contributed by atoms with Crippen molar-refractivity contribution in [2.24, 2.45) is 0 Å². The van der Waals surface area contributed by atoms with Gasteiger partial charge in [-0.05, 0) is 30.3 Å². The summed E-state index contributed by atoms with van der Waals surface area (Å²) < 4.78 is 25.5. The van der Waals surface area contributed by atoms with Crippen LogP contribution in [0.2, 0.25) is 0 Å². The van der Waals surface area contributed by atoms with Crippen molar-refractivity contribution in [2.75, 3.05) is 31.4 Å². The summed E-state index contributed by atoms with van der Waals surface area (Å²) in [7, 11) is 1.44. The van der Waals surface area contributed by atoms with Crippen LogP contribution in [-0.2, 0) is 14.6 Å². The summed E-state index contributed by atoms with van der Waals surface area (Å²) >= 11 is 0. The van der Waals surface area contributed by atoms with Crippen molar-refractivity contribution in [3.8, 4) is 0 Å². The topological polar surface area (TPSA) is 78.5 Å². The van der Waals surface area contributed by atoms with Gasteiger partial charge in [-0.25, -0.2) is 8.42 Å². The molecule has 0 fully saturated rings. The molecular weight excluding hydrogens is 338 g/mol. The average molecular weight is 357 g/mol. The van der Waals surface area contributed by atoms with E-state index in [1.807, 2.05) is 43.3 Å². The van der Waals surface area contributed by atoms with Crippen LogP contribution in [0.25, 0.3) is 5.70 Å². The average Bonchev–Trinajstić information content (AvgIpc) is 2.82. The molecule has 1 amide bonds. The molecule has 0 aliphatic carbocycles. The van der Waals surface area contributed by atoms with Crippen LogP contribution in [0.3, 0.4) is 0 Å². The molecule has 6 nitrogen and oxygen atoms in total. The third-order valence-electron chi connectivity index (χ3n) is 4.03. The first-order valence-corrected chi connectivity index (χ1v) is 9.20. The normalized spacial score (nSPS) is 14.8. The SMILES string of the molecule is CNC(=O)C1=C(Nc2ccc(N(C)C)cc2)c2ccccc2S1(=O)=O. The van der Waals surface area contributed by atoms with Gasteiger partial charge in [0.05, 0.1) is 10.6 Å². The van der Waals surface area contributed by atoms with Crippen LogP contribution in [0.4, 0.5) is 11.4 Å². The minimum atomic E-state index is -3.85. The highest BCUT2D eigenvalue weighted by Crippen LogP contribution is 2.39. The summed E-state index contributed by atoms with van der Waals surface area (Å²) in [6, 6.07) is 14.1. The van der Waals surface area contributed by atoms with E-state index in [4.69, 9.17) is 0 Å². The van der Waals surface area contributed by atoms with E-state index < -0.39 is 15.7 Å². The number of benzene rings is 2. The monoisotopic (exact) mass is 357 g/mol. The number of nitrogens with one attached hydrogen (secondary N) is 2. The third kappa shape index (κ3) is 2.87. The Balaban J connectivity index is 2.11. The largest absolute Gasteiger partial charge is 0.378 e. The van der Waals surface area contributed by atoms with E-state index in [2.05, 4.69) is 10.6 Å². The number of rotatable bonds is 4. The molecule has 0 saturated heterocycles. The first kappa shape index (κ1) is 17.0. The number of sulfone groups is 1. The van der Waals surface area contributed by atoms with Gasteiger partial charge in [0, 0.05) is 38.1 Å². The van der Waals surface area contributed by atoms with Gasteiger partial charge in [0.15, 0.2) is 4.91 Å². The summed E-state index contributed by atoms with van der Waals surface area (Å²) in [6.45, 7) is 0. The Morgan fingerprint density at radius 3 is 2.24 bits per heavy atom. The lowest BCUT2D eigenvalue weighted by Crippen LogP contribution is -2.24. The molecule has 0 aromatic heterocycles. The van der Waals surface area contributed by atoms with Crippen LogP contribution >= 0.6 is 0 Å². The van der Waals surface area contributed by atoms with Crippen molar-refractivity contribution < 1.29 is 13.2 Å². The predicted octanol–water partition coefficient (Wildman–Crippen LogP) is 2.07. The Bertz CT molecular complexity index is 961. The number of carbonyl (C=O) groups excluding carboxylic acids is 1. The molecule has 130 valence electrons. The van der Waals surface area contributed by atoms with Crippen molar-refractivity contribution in [3.63, 3.8) is 0 Å². The number of fused-ring (bicyclic) bond motifs is 1. The number of hydrogen-bond acceptors (Lipinski definition) is 5. The summed E-state index contributed by atoms with van der Waals surface area (Å²) in [5.41, 5.74) is 2.52. The van der Waals surface area contributed by atoms with Crippen LogP contribution in [0.1, 0.15) is 5.56 Å². The standard InChI is InChI=1S/C18H19N3O3S/c1-19-18(22)17-16(14-6-4-5-7-15(14)25(17,23)24)20-12-8-10-13(11-9-12)21(2)3/h4-11,20H,1-3H3,(H,19,22). The molecule has 7 heteroatoms. The van der Waals surface area contributed by atoms with Gasteiger partial charge >= 0.3 is 0 Å². The Morgan fingerprint density at radius 1 is 1.00 bits per heavy atom. The first-order chi connectivity index (χ1) is 11.9. The van der Waals surface area contributed by atoms with Gasteiger partial charge in [0.25, 0.3) is 5.91 Å². The fraction of sp³-hybridized carbons (Fsp3) is 0.167. The van der Waals surface area contributed by atoms with Crippen molar-refractivity contribution in [2.45, 2.75) is 4.90 Å². The van der Waals surface area contributed by atoms with Crippen molar-refractivity contribution >= 4 is 32.8 Å². The maximum Gasteiger partial charge on any atom is 0.265 e. The molecular formula is C18H19N3O3S. The number of anilines is 2. The number of likely N-dealkylation sites (N-methyl/N-ethyl adjacent to an activating group) is 1. The molecule has 2 aromatic rings. The fourth-order valence-electron chi connectivity index (χ4n) is 2.73. The zero-order chi connectivity index (χ0) is 18.2. The van der Waals surface area contributed by atoms with Crippen LogP contribution < -0.4 is 15.5 Å². The van der Waals surface area contributed by atoms with E-state index in [1.54, 1.807) is 18.2 Å². The number of hydrogen-bond donors (Lipinski definition) is 2. The molecule has 0 radical (unpaired) electrons. The van der Waals surface area contributed by atoms with Crippen LogP contribution in [0.5, 0.6) is 0 Å². The lowest BCUT2D eigenvalue weighted by atomic mass is 10.1. The van der Waals surface area contributed by atoms with Gasteiger partial charge in [-0.2, -0.15) is 0 Å². The highest BCUT2D eigenvalue weighted by atomic mass is 32.2. The summed E-state index contributed by atoms with van der Waals surface area (Å²) in [6.07, 6.45) is 0. The molecule has 0 spiro atoms. The highest BCUT2D eigenvalue weighted by Gasteiger charge is 2.39. The lowest BCUT2D eigenvalue weighted by Gasteiger charge is -2.14. The van der Waals surface area contributed by atoms with Crippen molar-refractivity contribution in [1.82, 2.24) is 5.32 Å². The Kier molecular flexibility index (Phi) is 4.26. The third-order valence-corrected chi connectivity index (χ3v) is 5.89. The number of amides is 1. The van der Waals surface area contributed by atoms with Gasteiger partial charge in [-0.1, -0.05) is 18.2 Å². The molecule has 25 heavy (non-hydrogen) atoms. The van der Waals surface area contributed by atoms with Crippen molar-refractivity contribution in [3.05, 3.63) is 59.0 Å². The zero-order valence-electron chi connectivity index (χ0n) is 14.2. The molecule has 1 aliphatic heterocycles. The molecule has 0 unspecified atom stereocenters. The van der Waals surface area contributed by atoms with Gasteiger partial charge in [0.2, 0.25) is 9.84 Å². The predicted molar refractivity (Wildman–Crippen MR) is 99.0 cm³/mol.